The first-order chi connectivity index (χ1) is 13.1. The number of piperazine rings is 1. The third kappa shape index (κ3) is 4.08. The monoisotopic (exact) mass is 368 g/mol. The fourth-order valence-electron chi connectivity index (χ4n) is 3.80. The van der Waals surface area contributed by atoms with Crippen LogP contribution in [0.4, 0.5) is 0 Å². The SMILES string of the molecule is CCCc1nn(-c2ccccc2C)c(CCC)c1C(=O)N1CCN(C)CC1. The van der Waals surface area contributed by atoms with E-state index < -0.39 is 0 Å². The molecule has 1 amide bonds. The number of amides is 1. The lowest BCUT2D eigenvalue weighted by Gasteiger charge is -2.32. The third-order valence-electron chi connectivity index (χ3n) is 5.38. The number of aromatic nitrogens is 2. The van der Waals surface area contributed by atoms with E-state index in [2.05, 4.69) is 44.9 Å². The van der Waals surface area contributed by atoms with E-state index in [1.54, 1.807) is 0 Å². The number of carbonyl (C=O) groups excluding carboxylic acids is 1. The number of aryl methyl sites for hydroxylation is 2. The lowest BCUT2D eigenvalue weighted by Crippen LogP contribution is -2.47. The second-order valence-electron chi connectivity index (χ2n) is 7.56. The van der Waals surface area contributed by atoms with Gasteiger partial charge in [-0.1, -0.05) is 44.9 Å². The van der Waals surface area contributed by atoms with Crippen LogP contribution in [0.3, 0.4) is 0 Å². The van der Waals surface area contributed by atoms with Crippen molar-refractivity contribution in [1.82, 2.24) is 19.6 Å². The van der Waals surface area contributed by atoms with Crippen LogP contribution in [0.1, 0.15) is 54.0 Å². The normalized spacial score (nSPS) is 15.3. The van der Waals surface area contributed by atoms with Gasteiger partial charge in [-0.25, -0.2) is 4.68 Å². The number of carbonyl (C=O) groups is 1. The summed E-state index contributed by atoms with van der Waals surface area (Å²) in [7, 11) is 2.11. The highest BCUT2D eigenvalue weighted by atomic mass is 16.2. The molecule has 0 N–H and O–H groups in total. The number of hydrogen-bond donors (Lipinski definition) is 0. The summed E-state index contributed by atoms with van der Waals surface area (Å²) in [6.45, 7) is 9.88. The number of hydrogen-bond acceptors (Lipinski definition) is 3. The second-order valence-corrected chi connectivity index (χ2v) is 7.56. The Kier molecular flexibility index (Phi) is 6.32. The fraction of sp³-hybridized carbons (Fsp3) is 0.545. The first-order valence-corrected chi connectivity index (χ1v) is 10.2. The van der Waals surface area contributed by atoms with Crippen molar-refractivity contribution in [2.24, 2.45) is 0 Å². The number of likely N-dealkylation sites (N-methyl/N-ethyl adjacent to an activating group) is 1. The first kappa shape index (κ1) is 19.6. The van der Waals surface area contributed by atoms with Crippen LogP contribution in [-0.4, -0.2) is 58.7 Å². The van der Waals surface area contributed by atoms with Crippen LogP contribution >= 0.6 is 0 Å². The van der Waals surface area contributed by atoms with Crippen molar-refractivity contribution in [3.63, 3.8) is 0 Å². The van der Waals surface area contributed by atoms with Crippen LogP contribution in [0, 0.1) is 6.92 Å². The quantitative estimate of drug-likeness (QED) is 0.784. The molecule has 1 saturated heterocycles. The van der Waals surface area contributed by atoms with Crippen LogP contribution in [0.25, 0.3) is 5.69 Å². The van der Waals surface area contributed by atoms with E-state index >= 15 is 0 Å². The smallest absolute Gasteiger partial charge is 0.257 e. The van der Waals surface area contributed by atoms with Crippen molar-refractivity contribution in [3.8, 4) is 5.69 Å². The molecule has 1 fully saturated rings. The van der Waals surface area contributed by atoms with E-state index in [0.29, 0.717) is 0 Å². The Hall–Kier alpha value is -2.14. The maximum absolute atomic E-state index is 13.5. The highest BCUT2D eigenvalue weighted by Crippen LogP contribution is 2.25. The van der Waals surface area contributed by atoms with Gasteiger partial charge in [0.1, 0.15) is 0 Å². The highest BCUT2D eigenvalue weighted by molar-refractivity contribution is 5.97. The molecule has 1 aromatic heterocycles. The summed E-state index contributed by atoms with van der Waals surface area (Å²) in [6, 6.07) is 8.29. The topological polar surface area (TPSA) is 41.4 Å². The summed E-state index contributed by atoms with van der Waals surface area (Å²) < 4.78 is 2.03. The average molecular weight is 369 g/mol. The lowest BCUT2D eigenvalue weighted by atomic mass is 10.0. The van der Waals surface area contributed by atoms with Gasteiger partial charge in [0.05, 0.1) is 22.6 Å². The summed E-state index contributed by atoms with van der Waals surface area (Å²) in [5.74, 6) is 0.162. The molecule has 0 saturated carbocycles. The van der Waals surface area contributed by atoms with Crippen LogP contribution in [0.5, 0.6) is 0 Å². The number of rotatable bonds is 6. The molecule has 0 atom stereocenters. The highest BCUT2D eigenvalue weighted by Gasteiger charge is 2.29. The van der Waals surface area contributed by atoms with E-state index in [1.807, 2.05) is 21.7 Å². The Bertz CT molecular complexity index is 788. The maximum Gasteiger partial charge on any atom is 0.257 e. The minimum atomic E-state index is 0.162. The molecular formula is C22H32N4O. The summed E-state index contributed by atoms with van der Waals surface area (Å²) >= 11 is 0. The number of nitrogens with zero attached hydrogens (tertiary/aromatic N) is 4. The fourth-order valence-corrected chi connectivity index (χ4v) is 3.80. The molecule has 1 aliphatic heterocycles. The average Bonchev–Trinajstić information content (AvgIpc) is 3.01. The maximum atomic E-state index is 13.5. The van der Waals surface area contributed by atoms with Gasteiger partial charge in [0.2, 0.25) is 0 Å². The van der Waals surface area contributed by atoms with E-state index in [9.17, 15) is 4.79 Å². The van der Waals surface area contributed by atoms with Crippen molar-refractivity contribution in [2.75, 3.05) is 33.2 Å². The van der Waals surface area contributed by atoms with Crippen LogP contribution < -0.4 is 0 Å². The van der Waals surface area contributed by atoms with Gasteiger partial charge < -0.3 is 9.80 Å². The standard InChI is InChI=1S/C22H32N4O/c1-5-9-18-21(22(27)25-15-13-24(4)14-16-25)20(10-6-2)26(23-18)19-12-8-7-11-17(19)3/h7-8,11-12H,5-6,9-10,13-16H2,1-4H3. The molecular weight excluding hydrogens is 336 g/mol. The van der Waals surface area contributed by atoms with Crippen LogP contribution in [0.15, 0.2) is 24.3 Å². The predicted molar refractivity (Wildman–Crippen MR) is 110 cm³/mol. The van der Waals surface area contributed by atoms with Gasteiger partial charge in [-0.2, -0.15) is 5.10 Å². The minimum absolute atomic E-state index is 0.162. The predicted octanol–water partition coefficient (Wildman–Crippen LogP) is 3.47. The summed E-state index contributed by atoms with van der Waals surface area (Å²) in [5.41, 5.74) is 5.13. The molecule has 1 aromatic carbocycles. The van der Waals surface area contributed by atoms with Gasteiger partial charge in [0, 0.05) is 26.2 Å². The lowest BCUT2D eigenvalue weighted by molar-refractivity contribution is 0.0662. The molecule has 0 aliphatic carbocycles. The molecule has 3 rings (SSSR count). The van der Waals surface area contributed by atoms with Crippen LogP contribution in [0.2, 0.25) is 0 Å². The second kappa shape index (κ2) is 8.70. The van der Waals surface area contributed by atoms with Gasteiger partial charge in [-0.15, -0.1) is 0 Å². The number of benzene rings is 1. The van der Waals surface area contributed by atoms with Crippen molar-refractivity contribution >= 4 is 5.91 Å². The zero-order chi connectivity index (χ0) is 19.4. The molecule has 27 heavy (non-hydrogen) atoms. The molecule has 5 heteroatoms. The molecule has 5 nitrogen and oxygen atoms in total. The van der Waals surface area contributed by atoms with Crippen molar-refractivity contribution in [3.05, 3.63) is 46.8 Å². The van der Waals surface area contributed by atoms with Crippen molar-refractivity contribution in [2.45, 2.75) is 46.5 Å². The van der Waals surface area contributed by atoms with Gasteiger partial charge in [-0.05, 0) is 38.4 Å². The third-order valence-corrected chi connectivity index (χ3v) is 5.38. The Balaban J connectivity index is 2.08. The molecule has 2 aromatic rings. The molecule has 2 heterocycles. The van der Waals surface area contributed by atoms with Crippen LogP contribution in [-0.2, 0) is 12.8 Å². The van der Waals surface area contributed by atoms with Crippen molar-refractivity contribution in [1.29, 1.82) is 0 Å². The molecule has 0 radical (unpaired) electrons. The van der Waals surface area contributed by atoms with Gasteiger partial charge in [-0.3, -0.25) is 4.79 Å². The van der Waals surface area contributed by atoms with Crippen molar-refractivity contribution < 1.29 is 4.79 Å². The molecule has 1 aliphatic rings. The summed E-state index contributed by atoms with van der Waals surface area (Å²) in [4.78, 5) is 17.8. The molecule has 146 valence electrons. The first-order valence-electron chi connectivity index (χ1n) is 10.2. The summed E-state index contributed by atoms with van der Waals surface area (Å²) in [5, 5.41) is 4.94. The Morgan fingerprint density at radius 2 is 1.70 bits per heavy atom. The zero-order valence-electron chi connectivity index (χ0n) is 17.2. The van der Waals surface area contributed by atoms with Gasteiger partial charge in [0.25, 0.3) is 5.91 Å². The molecule has 0 bridgehead atoms. The Morgan fingerprint density at radius 3 is 2.33 bits per heavy atom. The Labute approximate surface area is 163 Å². The van der Waals surface area contributed by atoms with E-state index in [1.165, 1.54) is 5.56 Å². The minimum Gasteiger partial charge on any atom is -0.336 e. The van der Waals surface area contributed by atoms with E-state index in [0.717, 1.165) is 74.5 Å². The molecule has 0 spiro atoms. The van der Waals surface area contributed by atoms with Gasteiger partial charge in [0.15, 0.2) is 0 Å². The van der Waals surface area contributed by atoms with E-state index in [-0.39, 0.29) is 5.91 Å². The van der Waals surface area contributed by atoms with E-state index in [4.69, 9.17) is 5.10 Å². The summed E-state index contributed by atoms with van der Waals surface area (Å²) in [6.07, 6.45) is 3.68. The zero-order valence-corrected chi connectivity index (χ0v) is 17.2. The van der Waals surface area contributed by atoms with Gasteiger partial charge >= 0.3 is 0 Å². The molecule has 0 unspecified atom stereocenters. The largest absolute Gasteiger partial charge is 0.336 e. The number of para-hydroxylation sites is 1. The Morgan fingerprint density at radius 1 is 1.04 bits per heavy atom.